The Morgan fingerprint density at radius 3 is 2.62 bits per heavy atom. The lowest BCUT2D eigenvalue weighted by Gasteiger charge is -1.90. The van der Waals surface area contributed by atoms with Gasteiger partial charge in [-0.2, -0.15) is 0 Å². The van der Waals surface area contributed by atoms with Crippen molar-refractivity contribution in [3.05, 3.63) is 11.6 Å². The molecule has 0 spiro atoms. The minimum atomic E-state index is 0.663. The Morgan fingerprint density at radius 2 is 2.25 bits per heavy atom. The second kappa shape index (κ2) is 4.57. The lowest BCUT2D eigenvalue weighted by atomic mass is 10.2. The van der Waals surface area contributed by atoms with Gasteiger partial charge in [0.1, 0.15) is 6.29 Å². The highest BCUT2D eigenvalue weighted by molar-refractivity contribution is 5.49. The average molecular weight is 112 g/mol. The van der Waals surface area contributed by atoms with Crippen molar-refractivity contribution < 1.29 is 4.79 Å². The minimum absolute atomic E-state index is 0.663. The van der Waals surface area contributed by atoms with Gasteiger partial charge in [-0.3, -0.25) is 0 Å². The van der Waals surface area contributed by atoms with Crippen LogP contribution in [0, 0.1) is 0 Å². The third-order valence-electron chi connectivity index (χ3n) is 1.15. The molecule has 0 aliphatic carbocycles. The van der Waals surface area contributed by atoms with E-state index >= 15 is 0 Å². The van der Waals surface area contributed by atoms with Crippen LogP contribution >= 0.6 is 0 Å². The first-order valence-electron chi connectivity index (χ1n) is 2.86. The highest BCUT2D eigenvalue weighted by Crippen LogP contribution is 1.99. The predicted molar refractivity (Wildman–Crippen MR) is 34.7 cm³/mol. The average Bonchev–Trinajstić information content (AvgIpc) is 1.83. The molecule has 8 heavy (non-hydrogen) atoms. The molecule has 0 radical (unpaired) electrons. The number of rotatable bonds is 3. The molecule has 0 aromatic carbocycles. The molecule has 1 nitrogen and oxygen atoms in total. The highest BCUT2D eigenvalue weighted by Gasteiger charge is 1.83. The molecule has 0 fully saturated rings. The van der Waals surface area contributed by atoms with Gasteiger partial charge in [0, 0.05) is 6.42 Å². The van der Waals surface area contributed by atoms with E-state index in [0.29, 0.717) is 6.42 Å². The summed E-state index contributed by atoms with van der Waals surface area (Å²) in [5, 5.41) is 0. The van der Waals surface area contributed by atoms with E-state index < -0.39 is 0 Å². The van der Waals surface area contributed by atoms with Crippen LogP contribution in [0.5, 0.6) is 0 Å². The highest BCUT2D eigenvalue weighted by atomic mass is 16.1. The third kappa shape index (κ3) is 3.59. The fourth-order valence-corrected chi connectivity index (χ4v) is 0.431. The third-order valence-corrected chi connectivity index (χ3v) is 1.15. The fraction of sp³-hybridized carbons (Fsp3) is 0.571. The molecule has 0 aromatic heterocycles. The van der Waals surface area contributed by atoms with E-state index in [0.717, 1.165) is 12.7 Å². The topological polar surface area (TPSA) is 17.1 Å². The summed E-state index contributed by atoms with van der Waals surface area (Å²) in [5.41, 5.74) is 1.29. The number of allylic oxidation sites excluding steroid dienone is 2. The first-order chi connectivity index (χ1) is 3.81. The quantitative estimate of drug-likeness (QED) is 0.402. The van der Waals surface area contributed by atoms with E-state index in [2.05, 4.69) is 0 Å². The summed E-state index contributed by atoms with van der Waals surface area (Å²) < 4.78 is 0. The normalized spacial score (nSPS) is 11.5. The Hall–Kier alpha value is -0.590. The summed E-state index contributed by atoms with van der Waals surface area (Å²) in [6, 6.07) is 0. The molecule has 0 aromatic rings. The Kier molecular flexibility index (Phi) is 4.23. The van der Waals surface area contributed by atoms with Crippen molar-refractivity contribution in [1.29, 1.82) is 0 Å². The molecule has 0 bridgehead atoms. The van der Waals surface area contributed by atoms with Crippen LogP contribution in [0.2, 0.25) is 0 Å². The number of carbonyl (C=O) groups excluding carboxylic acids is 1. The molecule has 1 heteroatoms. The molecular weight excluding hydrogens is 100 g/mol. The fourth-order valence-electron chi connectivity index (χ4n) is 0.431. The van der Waals surface area contributed by atoms with E-state index in [1.54, 1.807) is 0 Å². The van der Waals surface area contributed by atoms with Crippen LogP contribution in [0.25, 0.3) is 0 Å². The summed E-state index contributed by atoms with van der Waals surface area (Å²) in [6.45, 7) is 4.02. The van der Waals surface area contributed by atoms with Crippen LogP contribution in [-0.2, 0) is 4.79 Å². The van der Waals surface area contributed by atoms with E-state index in [9.17, 15) is 4.79 Å². The molecule has 0 aliphatic heterocycles. The number of carbonyl (C=O) groups is 1. The van der Waals surface area contributed by atoms with Crippen molar-refractivity contribution >= 4 is 6.29 Å². The lowest BCUT2D eigenvalue weighted by molar-refractivity contribution is -0.107. The van der Waals surface area contributed by atoms with Gasteiger partial charge in [0.25, 0.3) is 0 Å². The Labute approximate surface area is 50.4 Å². The summed E-state index contributed by atoms with van der Waals surface area (Å²) in [5.74, 6) is 0. The zero-order valence-electron chi connectivity index (χ0n) is 5.48. The van der Waals surface area contributed by atoms with Crippen LogP contribution in [0.15, 0.2) is 11.6 Å². The summed E-state index contributed by atoms with van der Waals surface area (Å²) in [7, 11) is 0. The van der Waals surface area contributed by atoms with Crippen LogP contribution in [-0.4, -0.2) is 6.29 Å². The Bertz CT molecular complexity index is 92.6. The maximum atomic E-state index is 9.80. The lowest BCUT2D eigenvalue weighted by Crippen LogP contribution is -1.76. The van der Waals surface area contributed by atoms with Crippen LogP contribution in [0.3, 0.4) is 0 Å². The van der Waals surface area contributed by atoms with Gasteiger partial charge < -0.3 is 4.79 Å². The summed E-state index contributed by atoms with van der Waals surface area (Å²) in [6.07, 6.45) is 4.56. The minimum Gasteiger partial charge on any atom is -0.303 e. The zero-order chi connectivity index (χ0) is 6.41. The van der Waals surface area contributed by atoms with Gasteiger partial charge >= 0.3 is 0 Å². The first-order valence-corrected chi connectivity index (χ1v) is 2.86. The molecule has 0 unspecified atom stereocenters. The smallest absolute Gasteiger partial charge is 0.120 e. The molecular formula is C7H12O. The SMILES string of the molecule is CC=C(C)CCC=O. The van der Waals surface area contributed by atoms with E-state index in [1.165, 1.54) is 5.57 Å². The van der Waals surface area contributed by atoms with Gasteiger partial charge in [-0.1, -0.05) is 11.6 Å². The number of hydrogen-bond donors (Lipinski definition) is 0. The zero-order valence-corrected chi connectivity index (χ0v) is 5.48. The molecule has 0 saturated carbocycles. The molecule has 0 atom stereocenters. The molecule has 0 saturated heterocycles. The van der Waals surface area contributed by atoms with Gasteiger partial charge in [-0.15, -0.1) is 0 Å². The van der Waals surface area contributed by atoms with E-state index in [4.69, 9.17) is 0 Å². The first kappa shape index (κ1) is 7.41. The molecule has 46 valence electrons. The monoisotopic (exact) mass is 112 g/mol. The predicted octanol–water partition coefficient (Wildman–Crippen LogP) is 1.93. The van der Waals surface area contributed by atoms with Crippen molar-refractivity contribution in [2.24, 2.45) is 0 Å². The standard InChI is InChI=1S/C7H12O/c1-3-7(2)5-4-6-8/h3,6H,4-5H2,1-2H3. The Morgan fingerprint density at radius 1 is 1.62 bits per heavy atom. The number of hydrogen-bond acceptors (Lipinski definition) is 1. The second-order valence-electron chi connectivity index (χ2n) is 1.84. The summed E-state index contributed by atoms with van der Waals surface area (Å²) >= 11 is 0. The van der Waals surface area contributed by atoms with Crippen molar-refractivity contribution in [3.8, 4) is 0 Å². The molecule has 0 N–H and O–H groups in total. The maximum absolute atomic E-state index is 9.80. The van der Waals surface area contributed by atoms with Crippen molar-refractivity contribution in [3.63, 3.8) is 0 Å². The van der Waals surface area contributed by atoms with Crippen molar-refractivity contribution in [1.82, 2.24) is 0 Å². The van der Waals surface area contributed by atoms with E-state index in [-0.39, 0.29) is 0 Å². The van der Waals surface area contributed by atoms with Gasteiger partial charge in [-0.05, 0) is 20.3 Å². The van der Waals surface area contributed by atoms with E-state index in [1.807, 2.05) is 19.9 Å². The number of aldehydes is 1. The molecule has 0 rings (SSSR count). The van der Waals surface area contributed by atoms with Crippen molar-refractivity contribution in [2.45, 2.75) is 26.7 Å². The molecule has 0 amide bonds. The van der Waals surface area contributed by atoms with Crippen LogP contribution < -0.4 is 0 Å². The second-order valence-corrected chi connectivity index (χ2v) is 1.84. The van der Waals surface area contributed by atoms with Crippen molar-refractivity contribution in [2.75, 3.05) is 0 Å². The van der Waals surface area contributed by atoms with Crippen LogP contribution in [0.1, 0.15) is 26.7 Å². The van der Waals surface area contributed by atoms with Gasteiger partial charge in [0.15, 0.2) is 0 Å². The van der Waals surface area contributed by atoms with Gasteiger partial charge in [0.05, 0.1) is 0 Å². The molecule has 0 heterocycles. The largest absolute Gasteiger partial charge is 0.303 e. The summed E-state index contributed by atoms with van der Waals surface area (Å²) in [4.78, 5) is 9.80. The molecule has 0 aliphatic rings. The van der Waals surface area contributed by atoms with Gasteiger partial charge in [0.2, 0.25) is 0 Å². The van der Waals surface area contributed by atoms with Crippen LogP contribution in [0.4, 0.5) is 0 Å². The van der Waals surface area contributed by atoms with Gasteiger partial charge in [-0.25, -0.2) is 0 Å². The maximum Gasteiger partial charge on any atom is 0.120 e. The Balaban J connectivity index is 3.24.